The molecule has 17 heavy (non-hydrogen) atoms. The van der Waals surface area contributed by atoms with Crippen LogP contribution >= 0.6 is 0 Å². The molecule has 1 rings (SSSR count). The average molecular weight is 243 g/mol. The first kappa shape index (κ1) is 14.4. The van der Waals surface area contributed by atoms with Gasteiger partial charge < -0.3 is 20.3 Å². The van der Waals surface area contributed by atoms with Crippen molar-refractivity contribution in [3.63, 3.8) is 0 Å². The molecule has 1 fully saturated rings. The fourth-order valence-electron chi connectivity index (χ4n) is 1.77. The number of likely N-dealkylation sites (N-methyl/N-ethyl adjacent to an activating group) is 1. The zero-order valence-electron chi connectivity index (χ0n) is 11.2. The summed E-state index contributed by atoms with van der Waals surface area (Å²) in [6.07, 6.45) is 2.38. The number of nitrogens with one attached hydrogen (secondary N) is 2. The van der Waals surface area contributed by atoms with Crippen LogP contribution in [0, 0.1) is 0 Å². The molecule has 0 radical (unpaired) electrons. The molecule has 1 aliphatic rings. The maximum absolute atomic E-state index is 11.7. The summed E-state index contributed by atoms with van der Waals surface area (Å²) < 4.78 is 5.45. The van der Waals surface area contributed by atoms with E-state index in [2.05, 4.69) is 15.5 Å². The van der Waals surface area contributed by atoms with Crippen molar-refractivity contribution in [1.82, 2.24) is 15.5 Å². The lowest BCUT2D eigenvalue weighted by Crippen LogP contribution is -2.46. The molecule has 1 aliphatic heterocycles. The molecule has 0 unspecified atom stereocenters. The summed E-state index contributed by atoms with van der Waals surface area (Å²) >= 11 is 0. The Morgan fingerprint density at radius 2 is 2.29 bits per heavy atom. The van der Waals surface area contributed by atoms with Gasteiger partial charge in [-0.3, -0.25) is 4.79 Å². The lowest BCUT2D eigenvalue weighted by atomic mass is 10.2. The van der Waals surface area contributed by atoms with Crippen LogP contribution in [0.5, 0.6) is 0 Å². The second-order valence-corrected chi connectivity index (χ2v) is 4.86. The maximum atomic E-state index is 11.7. The van der Waals surface area contributed by atoms with Crippen LogP contribution in [0.3, 0.4) is 0 Å². The van der Waals surface area contributed by atoms with E-state index >= 15 is 0 Å². The van der Waals surface area contributed by atoms with Gasteiger partial charge in [0.15, 0.2) is 0 Å². The first-order valence-electron chi connectivity index (χ1n) is 6.37. The van der Waals surface area contributed by atoms with Crippen molar-refractivity contribution in [2.45, 2.75) is 31.9 Å². The average Bonchev–Trinajstić information content (AvgIpc) is 2.78. The molecule has 0 aromatic rings. The van der Waals surface area contributed by atoms with Gasteiger partial charge in [-0.05, 0) is 33.9 Å². The van der Waals surface area contributed by atoms with Crippen molar-refractivity contribution in [1.29, 1.82) is 0 Å². The zero-order chi connectivity index (χ0) is 12.7. The van der Waals surface area contributed by atoms with Crippen LogP contribution in [0.4, 0.5) is 0 Å². The van der Waals surface area contributed by atoms with Crippen LogP contribution < -0.4 is 10.6 Å². The summed E-state index contributed by atoms with van der Waals surface area (Å²) in [5, 5.41) is 6.12. The van der Waals surface area contributed by atoms with Gasteiger partial charge in [-0.25, -0.2) is 0 Å². The molecule has 1 heterocycles. The predicted molar refractivity (Wildman–Crippen MR) is 68.0 cm³/mol. The number of amides is 1. The van der Waals surface area contributed by atoms with Crippen molar-refractivity contribution in [2.75, 3.05) is 40.3 Å². The maximum Gasteiger partial charge on any atom is 0.236 e. The van der Waals surface area contributed by atoms with Gasteiger partial charge in [0.2, 0.25) is 5.91 Å². The molecule has 0 saturated carbocycles. The molecule has 2 atom stereocenters. The Bertz CT molecular complexity index is 228. The van der Waals surface area contributed by atoms with Crippen LogP contribution in [-0.4, -0.2) is 63.3 Å². The minimum atomic E-state index is -0.142. The van der Waals surface area contributed by atoms with Crippen LogP contribution in [0.2, 0.25) is 0 Å². The van der Waals surface area contributed by atoms with Gasteiger partial charge in [0.25, 0.3) is 0 Å². The molecule has 0 spiro atoms. The lowest BCUT2D eigenvalue weighted by Gasteiger charge is -2.17. The standard InChI is InChI=1S/C12H25N3O2/c1-10(13-6-7-15(2)3)12(16)14-9-11-5-4-8-17-11/h10-11,13H,4-9H2,1-3H3,(H,14,16)/t10-,11+/m1/s1. The van der Waals surface area contributed by atoms with Gasteiger partial charge in [0, 0.05) is 26.2 Å². The number of rotatable bonds is 7. The van der Waals surface area contributed by atoms with Crippen LogP contribution in [0.25, 0.3) is 0 Å². The van der Waals surface area contributed by atoms with Crippen LogP contribution in [0.15, 0.2) is 0 Å². The molecule has 1 saturated heterocycles. The van der Waals surface area contributed by atoms with Crippen molar-refractivity contribution in [3.8, 4) is 0 Å². The van der Waals surface area contributed by atoms with Gasteiger partial charge in [-0.1, -0.05) is 0 Å². The van der Waals surface area contributed by atoms with Gasteiger partial charge >= 0.3 is 0 Å². The van der Waals surface area contributed by atoms with Crippen molar-refractivity contribution in [2.24, 2.45) is 0 Å². The Morgan fingerprint density at radius 1 is 1.53 bits per heavy atom. The second kappa shape index (κ2) is 7.63. The first-order chi connectivity index (χ1) is 8.09. The Hall–Kier alpha value is -0.650. The molecule has 5 heteroatoms. The molecular weight excluding hydrogens is 218 g/mol. The van der Waals surface area contributed by atoms with Gasteiger partial charge in [-0.2, -0.15) is 0 Å². The molecule has 0 aromatic carbocycles. The second-order valence-electron chi connectivity index (χ2n) is 4.86. The van der Waals surface area contributed by atoms with E-state index < -0.39 is 0 Å². The highest BCUT2D eigenvalue weighted by molar-refractivity contribution is 5.81. The smallest absolute Gasteiger partial charge is 0.236 e. The molecule has 2 N–H and O–H groups in total. The van der Waals surface area contributed by atoms with E-state index in [0.29, 0.717) is 6.54 Å². The van der Waals surface area contributed by atoms with Crippen LogP contribution in [-0.2, 0) is 9.53 Å². The molecule has 100 valence electrons. The number of nitrogens with zero attached hydrogens (tertiary/aromatic N) is 1. The van der Waals surface area contributed by atoms with E-state index in [9.17, 15) is 4.79 Å². The summed E-state index contributed by atoms with van der Waals surface area (Å²) in [6.45, 7) is 5.11. The highest BCUT2D eigenvalue weighted by Crippen LogP contribution is 2.10. The highest BCUT2D eigenvalue weighted by atomic mass is 16.5. The summed E-state index contributed by atoms with van der Waals surface area (Å²) in [5.74, 6) is 0.0549. The quantitative estimate of drug-likeness (QED) is 0.651. The summed E-state index contributed by atoms with van der Waals surface area (Å²) in [5.41, 5.74) is 0. The third-order valence-corrected chi connectivity index (χ3v) is 2.93. The number of hydrogen-bond donors (Lipinski definition) is 2. The monoisotopic (exact) mass is 243 g/mol. The van der Waals surface area contributed by atoms with Crippen molar-refractivity contribution < 1.29 is 9.53 Å². The van der Waals surface area contributed by atoms with Crippen LogP contribution in [0.1, 0.15) is 19.8 Å². The molecule has 0 aromatic heterocycles. The summed E-state index contributed by atoms with van der Waals surface area (Å²) in [6, 6.07) is -0.142. The number of ether oxygens (including phenoxy) is 1. The minimum absolute atomic E-state index is 0.0549. The van der Waals surface area contributed by atoms with Crippen molar-refractivity contribution in [3.05, 3.63) is 0 Å². The fraction of sp³-hybridized carbons (Fsp3) is 0.917. The molecule has 0 aliphatic carbocycles. The Balaban J connectivity index is 2.08. The van der Waals surface area contributed by atoms with Crippen molar-refractivity contribution >= 4 is 5.91 Å². The lowest BCUT2D eigenvalue weighted by molar-refractivity contribution is -0.123. The molecule has 0 bridgehead atoms. The topological polar surface area (TPSA) is 53.6 Å². The van der Waals surface area contributed by atoms with E-state index in [4.69, 9.17) is 4.74 Å². The Kier molecular flexibility index (Phi) is 6.47. The van der Waals surface area contributed by atoms with Gasteiger partial charge in [0.1, 0.15) is 0 Å². The van der Waals surface area contributed by atoms with Gasteiger partial charge in [-0.15, -0.1) is 0 Å². The third kappa shape index (κ3) is 6.00. The summed E-state index contributed by atoms with van der Waals surface area (Å²) in [4.78, 5) is 13.8. The Labute approximate surface area is 104 Å². The fourth-order valence-corrected chi connectivity index (χ4v) is 1.77. The molecule has 1 amide bonds. The number of carbonyl (C=O) groups excluding carboxylic acids is 1. The highest BCUT2D eigenvalue weighted by Gasteiger charge is 2.18. The SMILES string of the molecule is C[C@@H](NCCN(C)C)C(=O)NC[C@@H]1CCCO1. The van der Waals surface area contributed by atoms with E-state index in [1.165, 1.54) is 0 Å². The largest absolute Gasteiger partial charge is 0.376 e. The summed E-state index contributed by atoms with van der Waals surface area (Å²) in [7, 11) is 4.04. The minimum Gasteiger partial charge on any atom is -0.376 e. The van der Waals surface area contributed by atoms with E-state index in [1.807, 2.05) is 21.0 Å². The first-order valence-corrected chi connectivity index (χ1v) is 6.37. The van der Waals surface area contributed by atoms with E-state index in [-0.39, 0.29) is 18.1 Å². The Morgan fingerprint density at radius 3 is 2.88 bits per heavy atom. The van der Waals surface area contributed by atoms with Gasteiger partial charge in [0.05, 0.1) is 12.1 Å². The third-order valence-electron chi connectivity index (χ3n) is 2.93. The zero-order valence-corrected chi connectivity index (χ0v) is 11.2. The normalized spacial score (nSPS) is 21.8. The molecular formula is C12H25N3O2. The predicted octanol–water partition coefficient (Wildman–Crippen LogP) is -0.179. The van der Waals surface area contributed by atoms with E-state index in [0.717, 1.165) is 32.5 Å². The number of carbonyl (C=O) groups is 1. The molecule has 5 nitrogen and oxygen atoms in total. The van der Waals surface area contributed by atoms with E-state index in [1.54, 1.807) is 0 Å². The number of hydrogen-bond acceptors (Lipinski definition) is 4.